The maximum atomic E-state index is 5.63. The highest BCUT2D eigenvalue weighted by molar-refractivity contribution is 5.62. The number of nitrogens with zero attached hydrogens (tertiary/aromatic N) is 2. The molecule has 0 saturated heterocycles. The van der Waals surface area contributed by atoms with Gasteiger partial charge in [0.1, 0.15) is 5.82 Å². The zero-order valence-electron chi connectivity index (χ0n) is 9.07. The van der Waals surface area contributed by atoms with Gasteiger partial charge in [-0.2, -0.15) is 0 Å². The minimum absolute atomic E-state index is 0.476. The van der Waals surface area contributed by atoms with Crippen LogP contribution in [0.25, 0.3) is 11.3 Å². The van der Waals surface area contributed by atoms with Crippen molar-refractivity contribution in [3.05, 3.63) is 41.9 Å². The van der Waals surface area contributed by atoms with Gasteiger partial charge in [0, 0.05) is 12.6 Å². The van der Waals surface area contributed by atoms with Crippen LogP contribution in [0.1, 0.15) is 11.5 Å². The van der Waals surface area contributed by atoms with Crippen LogP contribution in [-0.2, 0) is 13.6 Å². The van der Waals surface area contributed by atoms with Crippen molar-refractivity contribution >= 4 is 0 Å². The Morgan fingerprint density at radius 2 is 1.93 bits per heavy atom. The molecule has 0 bridgehead atoms. The first-order valence-corrected chi connectivity index (χ1v) is 5.01. The Balaban J connectivity index is 2.58. The summed E-state index contributed by atoms with van der Waals surface area (Å²) in [6, 6.07) is 10.3. The van der Waals surface area contributed by atoms with E-state index in [9.17, 15) is 0 Å². The molecule has 15 heavy (non-hydrogen) atoms. The average Bonchev–Trinajstić information content (AvgIpc) is 2.55. The molecule has 2 aromatic rings. The van der Waals surface area contributed by atoms with Gasteiger partial charge >= 0.3 is 0 Å². The molecule has 0 amide bonds. The molecule has 3 nitrogen and oxygen atoms in total. The summed E-state index contributed by atoms with van der Waals surface area (Å²) in [5.74, 6) is 0.923. The van der Waals surface area contributed by atoms with Crippen LogP contribution in [0.5, 0.6) is 0 Å². The molecule has 1 aromatic carbocycles. The molecule has 0 aliphatic carbocycles. The molecule has 0 saturated carbocycles. The Kier molecular flexibility index (Phi) is 2.56. The van der Waals surface area contributed by atoms with Gasteiger partial charge < -0.3 is 10.3 Å². The first kappa shape index (κ1) is 9.93. The molecule has 0 atom stereocenters. The van der Waals surface area contributed by atoms with Crippen LogP contribution in [0.2, 0.25) is 0 Å². The quantitative estimate of drug-likeness (QED) is 0.806. The van der Waals surface area contributed by atoms with Crippen molar-refractivity contribution in [2.24, 2.45) is 12.8 Å². The molecule has 0 aliphatic rings. The summed E-state index contributed by atoms with van der Waals surface area (Å²) in [7, 11) is 2.00. The Morgan fingerprint density at radius 1 is 1.27 bits per heavy atom. The van der Waals surface area contributed by atoms with Crippen molar-refractivity contribution < 1.29 is 0 Å². The van der Waals surface area contributed by atoms with E-state index >= 15 is 0 Å². The summed E-state index contributed by atoms with van der Waals surface area (Å²) >= 11 is 0. The molecule has 3 heteroatoms. The first-order chi connectivity index (χ1) is 7.24. The van der Waals surface area contributed by atoms with Gasteiger partial charge in [-0.25, -0.2) is 4.98 Å². The van der Waals surface area contributed by atoms with Gasteiger partial charge in [-0.15, -0.1) is 0 Å². The lowest BCUT2D eigenvalue weighted by molar-refractivity contribution is 0.798. The molecule has 0 unspecified atom stereocenters. The Labute approximate surface area is 89.6 Å². The van der Waals surface area contributed by atoms with Crippen molar-refractivity contribution in [2.45, 2.75) is 13.5 Å². The third-order valence-corrected chi connectivity index (χ3v) is 2.59. The van der Waals surface area contributed by atoms with Crippen molar-refractivity contribution in [1.29, 1.82) is 0 Å². The van der Waals surface area contributed by atoms with Crippen LogP contribution in [0, 0.1) is 6.92 Å². The molecule has 0 spiro atoms. The minimum atomic E-state index is 0.476. The fourth-order valence-electron chi connectivity index (χ4n) is 1.87. The van der Waals surface area contributed by atoms with E-state index in [4.69, 9.17) is 5.73 Å². The topological polar surface area (TPSA) is 43.8 Å². The van der Waals surface area contributed by atoms with Crippen molar-refractivity contribution in [2.75, 3.05) is 0 Å². The van der Waals surface area contributed by atoms with Gasteiger partial charge in [-0.05, 0) is 6.92 Å². The zero-order chi connectivity index (χ0) is 10.8. The number of aryl methyl sites for hydroxylation is 1. The standard InChI is InChI=1S/C12H15N3/c1-9-12(10-6-4-3-5-7-10)15(2)11(8-13)14-9/h3-7H,8,13H2,1-2H3. The second-order valence-corrected chi connectivity index (χ2v) is 3.59. The highest BCUT2D eigenvalue weighted by Crippen LogP contribution is 2.23. The summed E-state index contributed by atoms with van der Waals surface area (Å²) in [5.41, 5.74) is 8.99. The number of hydrogen-bond donors (Lipinski definition) is 1. The first-order valence-electron chi connectivity index (χ1n) is 5.01. The molecule has 2 N–H and O–H groups in total. The van der Waals surface area contributed by atoms with E-state index in [1.807, 2.05) is 32.2 Å². The molecule has 78 valence electrons. The van der Waals surface area contributed by atoms with Crippen molar-refractivity contribution in [1.82, 2.24) is 9.55 Å². The van der Waals surface area contributed by atoms with Crippen molar-refractivity contribution in [3.8, 4) is 11.3 Å². The summed E-state index contributed by atoms with van der Waals surface area (Å²) in [6.45, 7) is 2.49. The molecule has 0 fully saturated rings. The normalized spacial score (nSPS) is 10.6. The third-order valence-electron chi connectivity index (χ3n) is 2.59. The maximum Gasteiger partial charge on any atom is 0.122 e. The molecule has 1 aromatic heterocycles. The highest BCUT2D eigenvalue weighted by atomic mass is 15.1. The molecular weight excluding hydrogens is 186 g/mol. The summed E-state index contributed by atoms with van der Waals surface area (Å²) in [5, 5.41) is 0. The third kappa shape index (κ3) is 1.66. The van der Waals surface area contributed by atoms with E-state index in [0.717, 1.165) is 17.2 Å². The van der Waals surface area contributed by atoms with Crippen LogP contribution in [0.15, 0.2) is 30.3 Å². The average molecular weight is 201 g/mol. The van der Waals surface area contributed by atoms with E-state index in [-0.39, 0.29) is 0 Å². The maximum absolute atomic E-state index is 5.63. The largest absolute Gasteiger partial charge is 0.330 e. The summed E-state index contributed by atoms with van der Waals surface area (Å²) in [4.78, 5) is 4.44. The van der Waals surface area contributed by atoms with Crippen LogP contribution in [-0.4, -0.2) is 9.55 Å². The van der Waals surface area contributed by atoms with E-state index in [2.05, 4.69) is 21.7 Å². The second kappa shape index (κ2) is 3.87. The van der Waals surface area contributed by atoms with Crippen LogP contribution >= 0.6 is 0 Å². The lowest BCUT2D eigenvalue weighted by Crippen LogP contribution is -2.05. The molecule has 1 heterocycles. The second-order valence-electron chi connectivity index (χ2n) is 3.59. The van der Waals surface area contributed by atoms with Gasteiger partial charge in [0.05, 0.1) is 17.9 Å². The van der Waals surface area contributed by atoms with Crippen LogP contribution in [0.4, 0.5) is 0 Å². The van der Waals surface area contributed by atoms with Gasteiger partial charge in [-0.1, -0.05) is 30.3 Å². The lowest BCUT2D eigenvalue weighted by Gasteiger charge is -2.05. The number of aromatic nitrogens is 2. The van der Waals surface area contributed by atoms with Gasteiger partial charge in [0.2, 0.25) is 0 Å². The summed E-state index contributed by atoms with van der Waals surface area (Å²) in [6.07, 6.45) is 0. The van der Waals surface area contributed by atoms with E-state index in [1.165, 1.54) is 5.56 Å². The van der Waals surface area contributed by atoms with E-state index in [0.29, 0.717) is 6.54 Å². The molecule has 2 rings (SSSR count). The smallest absolute Gasteiger partial charge is 0.122 e. The SMILES string of the molecule is Cc1nc(CN)n(C)c1-c1ccccc1. The van der Waals surface area contributed by atoms with E-state index < -0.39 is 0 Å². The number of benzene rings is 1. The minimum Gasteiger partial charge on any atom is -0.330 e. The Morgan fingerprint density at radius 3 is 2.47 bits per heavy atom. The molecule has 0 radical (unpaired) electrons. The highest BCUT2D eigenvalue weighted by Gasteiger charge is 2.11. The van der Waals surface area contributed by atoms with Crippen LogP contribution < -0.4 is 5.73 Å². The summed E-state index contributed by atoms with van der Waals surface area (Å²) < 4.78 is 2.06. The predicted molar refractivity (Wildman–Crippen MR) is 61.3 cm³/mol. The Bertz CT molecular complexity index is 457. The molecular formula is C12H15N3. The van der Waals surface area contributed by atoms with Gasteiger partial charge in [0.25, 0.3) is 0 Å². The van der Waals surface area contributed by atoms with Crippen molar-refractivity contribution in [3.63, 3.8) is 0 Å². The molecule has 0 aliphatic heterocycles. The Hall–Kier alpha value is -1.61. The lowest BCUT2D eigenvalue weighted by atomic mass is 10.1. The van der Waals surface area contributed by atoms with Crippen LogP contribution in [0.3, 0.4) is 0 Å². The number of nitrogens with two attached hydrogens (primary N) is 1. The van der Waals surface area contributed by atoms with E-state index in [1.54, 1.807) is 0 Å². The van der Waals surface area contributed by atoms with Gasteiger partial charge in [-0.3, -0.25) is 0 Å². The fourth-order valence-corrected chi connectivity index (χ4v) is 1.87. The zero-order valence-corrected chi connectivity index (χ0v) is 9.07. The van der Waals surface area contributed by atoms with Gasteiger partial charge in [0.15, 0.2) is 0 Å². The fraction of sp³-hybridized carbons (Fsp3) is 0.250. The number of imidazole rings is 1. The monoisotopic (exact) mass is 201 g/mol. The predicted octanol–water partition coefficient (Wildman–Crippen LogP) is 1.85. The number of rotatable bonds is 2. The number of hydrogen-bond acceptors (Lipinski definition) is 2.